The molecule has 1 aliphatic heterocycles. The maximum Gasteiger partial charge on any atom is 0.220 e. The number of fused-ring (bicyclic) bond motifs is 2. The summed E-state index contributed by atoms with van der Waals surface area (Å²) in [6.07, 6.45) is 4.84. The number of imidazole rings is 1. The van der Waals surface area contributed by atoms with Crippen molar-refractivity contribution >= 4 is 17.3 Å². The third kappa shape index (κ3) is 4.14. The molecule has 0 bridgehead atoms. The number of rotatable bonds is 7. The summed E-state index contributed by atoms with van der Waals surface area (Å²) in [5.74, 6) is 0.989. The standard InChI is InChI=1S/C21H21N3O4/c25-17(15-4-6-18-19(13-15)28-12-11-27-18)5-7-21(26)22-9-8-16-14-24-10-2-1-3-20(24)23-16/h1-4,6,10,13-14H,5,7-9,11-12H2,(H,22,26). The smallest absolute Gasteiger partial charge is 0.220 e. The zero-order valence-corrected chi connectivity index (χ0v) is 15.4. The van der Waals surface area contributed by atoms with Gasteiger partial charge >= 0.3 is 0 Å². The highest BCUT2D eigenvalue weighted by atomic mass is 16.6. The number of hydrogen-bond donors (Lipinski definition) is 1. The van der Waals surface area contributed by atoms with E-state index in [9.17, 15) is 9.59 Å². The van der Waals surface area contributed by atoms with E-state index in [4.69, 9.17) is 9.47 Å². The molecule has 144 valence electrons. The minimum absolute atomic E-state index is 0.0903. The van der Waals surface area contributed by atoms with Gasteiger partial charge in [-0.1, -0.05) is 6.07 Å². The highest BCUT2D eigenvalue weighted by Gasteiger charge is 2.15. The van der Waals surface area contributed by atoms with Gasteiger partial charge in [0.05, 0.1) is 5.69 Å². The Morgan fingerprint density at radius 3 is 2.79 bits per heavy atom. The molecule has 1 aromatic carbocycles. The Morgan fingerprint density at radius 2 is 1.93 bits per heavy atom. The molecule has 3 heterocycles. The van der Waals surface area contributed by atoms with Crippen molar-refractivity contribution in [1.29, 1.82) is 0 Å². The summed E-state index contributed by atoms with van der Waals surface area (Å²) in [6.45, 7) is 1.47. The molecule has 3 aromatic rings. The quantitative estimate of drug-likeness (QED) is 0.638. The highest BCUT2D eigenvalue weighted by molar-refractivity contribution is 5.98. The van der Waals surface area contributed by atoms with E-state index in [0.29, 0.717) is 43.2 Å². The summed E-state index contributed by atoms with van der Waals surface area (Å²) in [5, 5.41) is 2.85. The van der Waals surface area contributed by atoms with Gasteiger partial charge < -0.3 is 19.2 Å². The van der Waals surface area contributed by atoms with E-state index in [1.807, 2.05) is 35.0 Å². The molecule has 1 N–H and O–H groups in total. The summed E-state index contributed by atoms with van der Waals surface area (Å²) in [6, 6.07) is 10.9. The van der Waals surface area contributed by atoms with E-state index in [1.54, 1.807) is 18.2 Å². The fraction of sp³-hybridized carbons (Fsp3) is 0.286. The van der Waals surface area contributed by atoms with Crippen LogP contribution in [-0.2, 0) is 11.2 Å². The first-order valence-electron chi connectivity index (χ1n) is 9.31. The number of carbonyl (C=O) groups excluding carboxylic acids is 2. The molecule has 0 unspecified atom stereocenters. The molecule has 1 aliphatic rings. The normalized spacial score (nSPS) is 12.7. The molecular formula is C21H21N3O4. The van der Waals surface area contributed by atoms with Crippen LogP contribution in [0.5, 0.6) is 11.5 Å². The van der Waals surface area contributed by atoms with E-state index in [-0.39, 0.29) is 24.5 Å². The second kappa shape index (κ2) is 8.12. The van der Waals surface area contributed by atoms with Crippen molar-refractivity contribution in [3.05, 3.63) is 60.0 Å². The highest BCUT2D eigenvalue weighted by Crippen LogP contribution is 2.31. The monoisotopic (exact) mass is 379 g/mol. The molecule has 2 aromatic heterocycles. The van der Waals surface area contributed by atoms with Crippen LogP contribution >= 0.6 is 0 Å². The summed E-state index contributed by atoms with van der Waals surface area (Å²) in [4.78, 5) is 28.9. The molecule has 4 rings (SSSR count). The van der Waals surface area contributed by atoms with Gasteiger partial charge in [0.25, 0.3) is 0 Å². The molecular weight excluding hydrogens is 358 g/mol. The van der Waals surface area contributed by atoms with Crippen LogP contribution in [0.4, 0.5) is 0 Å². The van der Waals surface area contributed by atoms with Crippen LogP contribution < -0.4 is 14.8 Å². The summed E-state index contributed by atoms with van der Waals surface area (Å²) in [7, 11) is 0. The Hall–Kier alpha value is -3.35. The second-order valence-corrected chi connectivity index (χ2v) is 6.58. The van der Waals surface area contributed by atoms with Crippen molar-refractivity contribution < 1.29 is 19.1 Å². The maximum absolute atomic E-state index is 12.3. The van der Waals surface area contributed by atoms with E-state index in [1.165, 1.54) is 0 Å². The summed E-state index contributed by atoms with van der Waals surface area (Å²) >= 11 is 0. The maximum atomic E-state index is 12.3. The third-order valence-corrected chi connectivity index (χ3v) is 4.56. The predicted molar refractivity (Wildman–Crippen MR) is 103 cm³/mol. The number of hydrogen-bond acceptors (Lipinski definition) is 5. The van der Waals surface area contributed by atoms with Crippen molar-refractivity contribution in [2.75, 3.05) is 19.8 Å². The SMILES string of the molecule is O=C(CCC(=O)c1ccc2c(c1)OCCO2)NCCc1cn2ccccc2n1. The lowest BCUT2D eigenvalue weighted by molar-refractivity contribution is -0.121. The number of benzene rings is 1. The van der Waals surface area contributed by atoms with Crippen molar-refractivity contribution in [1.82, 2.24) is 14.7 Å². The summed E-state index contributed by atoms with van der Waals surface area (Å²) < 4.78 is 12.9. The van der Waals surface area contributed by atoms with Gasteiger partial charge in [0.2, 0.25) is 5.91 Å². The molecule has 0 saturated heterocycles. The fourth-order valence-electron chi connectivity index (χ4n) is 3.11. The Bertz CT molecular complexity index is 979. The molecule has 7 heteroatoms. The van der Waals surface area contributed by atoms with Crippen LogP contribution in [0.15, 0.2) is 48.8 Å². The van der Waals surface area contributed by atoms with Crippen molar-refractivity contribution in [3.63, 3.8) is 0 Å². The van der Waals surface area contributed by atoms with E-state index in [0.717, 1.165) is 11.3 Å². The van der Waals surface area contributed by atoms with Gasteiger partial charge in [0, 0.05) is 43.8 Å². The zero-order valence-electron chi connectivity index (χ0n) is 15.4. The Morgan fingerprint density at radius 1 is 1.07 bits per heavy atom. The first-order chi connectivity index (χ1) is 13.7. The van der Waals surface area contributed by atoms with Crippen LogP contribution in [0.1, 0.15) is 28.9 Å². The number of carbonyl (C=O) groups is 2. The van der Waals surface area contributed by atoms with Gasteiger partial charge in [-0.2, -0.15) is 0 Å². The number of nitrogens with zero attached hydrogens (tertiary/aromatic N) is 2. The Balaban J connectivity index is 1.23. The summed E-state index contributed by atoms with van der Waals surface area (Å²) in [5.41, 5.74) is 2.33. The number of ether oxygens (including phenoxy) is 2. The van der Waals surface area contributed by atoms with E-state index >= 15 is 0 Å². The van der Waals surface area contributed by atoms with Gasteiger partial charge in [-0.3, -0.25) is 9.59 Å². The van der Waals surface area contributed by atoms with Crippen LogP contribution in [0.25, 0.3) is 5.65 Å². The lowest BCUT2D eigenvalue weighted by Gasteiger charge is -2.18. The molecule has 0 fully saturated rings. The van der Waals surface area contributed by atoms with E-state index in [2.05, 4.69) is 10.3 Å². The third-order valence-electron chi connectivity index (χ3n) is 4.56. The number of nitrogens with one attached hydrogen (secondary N) is 1. The molecule has 7 nitrogen and oxygen atoms in total. The minimum Gasteiger partial charge on any atom is -0.486 e. The second-order valence-electron chi connectivity index (χ2n) is 6.58. The molecule has 0 radical (unpaired) electrons. The van der Waals surface area contributed by atoms with Gasteiger partial charge in [0.15, 0.2) is 17.3 Å². The number of pyridine rings is 1. The average Bonchev–Trinajstić information content (AvgIpc) is 3.14. The number of ketones is 1. The van der Waals surface area contributed by atoms with Gasteiger partial charge in [-0.15, -0.1) is 0 Å². The molecule has 0 spiro atoms. The van der Waals surface area contributed by atoms with Crippen molar-refractivity contribution in [3.8, 4) is 11.5 Å². The molecule has 28 heavy (non-hydrogen) atoms. The van der Waals surface area contributed by atoms with Crippen molar-refractivity contribution in [2.24, 2.45) is 0 Å². The average molecular weight is 379 g/mol. The number of amides is 1. The molecule has 0 atom stereocenters. The van der Waals surface area contributed by atoms with Gasteiger partial charge in [-0.05, 0) is 30.3 Å². The topological polar surface area (TPSA) is 81.9 Å². The fourth-order valence-corrected chi connectivity index (χ4v) is 3.11. The van der Waals surface area contributed by atoms with Gasteiger partial charge in [0.1, 0.15) is 18.9 Å². The van der Waals surface area contributed by atoms with Crippen LogP contribution in [0.3, 0.4) is 0 Å². The van der Waals surface area contributed by atoms with Gasteiger partial charge in [-0.25, -0.2) is 4.98 Å². The lowest BCUT2D eigenvalue weighted by Crippen LogP contribution is -2.26. The number of Topliss-reactive ketones (excluding diaryl/α,β-unsaturated/α-hetero) is 1. The lowest BCUT2D eigenvalue weighted by atomic mass is 10.1. The largest absolute Gasteiger partial charge is 0.486 e. The zero-order chi connectivity index (χ0) is 19.3. The minimum atomic E-state index is -0.144. The Kier molecular flexibility index (Phi) is 5.23. The van der Waals surface area contributed by atoms with Crippen molar-refractivity contribution in [2.45, 2.75) is 19.3 Å². The first kappa shape index (κ1) is 18.0. The Labute approximate surface area is 162 Å². The van der Waals surface area contributed by atoms with Crippen LogP contribution in [0, 0.1) is 0 Å². The molecule has 0 aliphatic carbocycles. The van der Waals surface area contributed by atoms with E-state index < -0.39 is 0 Å². The van der Waals surface area contributed by atoms with Crippen LogP contribution in [-0.4, -0.2) is 40.8 Å². The number of aromatic nitrogens is 2. The molecule has 0 saturated carbocycles. The predicted octanol–water partition coefficient (Wildman–Crippen LogP) is 2.43. The van der Waals surface area contributed by atoms with Crippen LogP contribution in [0.2, 0.25) is 0 Å². The first-order valence-corrected chi connectivity index (χ1v) is 9.31. The molecule has 1 amide bonds.